The standard InChI is InChI=1S/C104H62N12/c1-106-74-51-57-98(116-92-45-25-19-39-80(92)85-60-71(48-54-97(85)116)82-62-73(50-56-94(82)114-89-42-22-16-36-77(89)78-37-17-23-43-90(78)114)104-111-101(68-30-10-4-11-31-68)108-102(112-104)69-32-12-5-13-33-69)86(63-74)83-58-65(64-105)46-52-95(83)115-91-44-24-18-38-79(91)84-59-70(47-53-96(84)115)81-61-72(49-55-93(81)113-87-40-20-14-34-75(87)76-35-15-21-41-88(76)113)103-109-99(66-26-6-2-7-27-66)107-100(110-103)67-28-8-3-9-29-67/h2-63H. The van der Waals surface area contributed by atoms with Gasteiger partial charge in [0.05, 0.1) is 85.1 Å². The molecule has 12 nitrogen and oxygen atoms in total. The molecule has 0 N–H and O–H groups in total. The van der Waals surface area contributed by atoms with Crippen LogP contribution in [0, 0.1) is 17.9 Å². The molecule has 0 radical (unpaired) electrons. The fraction of sp³-hybridized carbons (Fsp3) is 0. The van der Waals surface area contributed by atoms with Gasteiger partial charge in [0, 0.05) is 93.2 Å². The third kappa shape index (κ3) is 11.0. The Morgan fingerprint density at radius 1 is 0.216 bits per heavy atom. The van der Waals surface area contributed by atoms with Crippen LogP contribution in [0.5, 0.6) is 0 Å². The Hall–Kier alpha value is -16.3. The van der Waals surface area contributed by atoms with Crippen LogP contribution in [-0.4, -0.2) is 48.2 Å². The van der Waals surface area contributed by atoms with Gasteiger partial charge in [-0.15, -0.1) is 0 Å². The third-order valence-electron chi connectivity index (χ3n) is 22.5. The second-order valence-corrected chi connectivity index (χ2v) is 29.1. The van der Waals surface area contributed by atoms with Crippen LogP contribution < -0.4 is 0 Å². The Morgan fingerprint density at radius 2 is 0.474 bits per heavy atom. The highest BCUT2D eigenvalue weighted by Crippen LogP contribution is 2.47. The van der Waals surface area contributed by atoms with Crippen LogP contribution in [-0.2, 0) is 0 Å². The van der Waals surface area contributed by atoms with E-state index in [0.717, 1.165) is 177 Å². The molecule has 6 aromatic heterocycles. The second-order valence-electron chi connectivity index (χ2n) is 29.1. The Balaban J connectivity index is 0.730. The van der Waals surface area contributed by atoms with Gasteiger partial charge in [-0.05, 0) is 144 Å². The molecule has 0 atom stereocenters. The van der Waals surface area contributed by atoms with Crippen molar-refractivity contribution < 1.29 is 0 Å². The summed E-state index contributed by atoms with van der Waals surface area (Å²) in [6, 6.07) is 133. The van der Waals surface area contributed by atoms with Crippen LogP contribution in [0.25, 0.3) is 217 Å². The molecule has 538 valence electrons. The maximum Gasteiger partial charge on any atom is 0.188 e. The summed E-state index contributed by atoms with van der Waals surface area (Å²) < 4.78 is 9.42. The number of hydrogen-bond acceptors (Lipinski definition) is 7. The first-order chi connectivity index (χ1) is 57.4. The van der Waals surface area contributed by atoms with Gasteiger partial charge in [-0.1, -0.05) is 249 Å². The number of rotatable bonds is 13. The van der Waals surface area contributed by atoms with Crippen molar-refractivity contribution in [3.05, 3.63) is 393 Å². The van der Waals surface area contributed by atoms with Gasteiger partial charge in [0.1, 0.15) is 0 Å². The zero-order valence-corrected chi connectivity index (χ0v) is 62.2. The molecule has 22 rings (SSSR count). The second kappa shape index (κ2) is 27.3. The monoisotopic (exact) mass is 1480 g/mol. The molecule has 0 aliphatic rings. The van der Waals surface area contributed by atoms with Crippen molar-refractivity contribution in [1.29, 1.82) is 5.26 Å². The Morgan fingerprint density at radius 3 is 0.802 bits per heavy atom. The van der Waals surface area contributed by atoms with E-state index in [1.807, 2.05) is 146 Å². The third-order valence-corrected chi connectivity index (χ3v) is 22.5. The van der Waals surface area contributed by atoms with Crippen molar-refractivity contribution in [2.24, 2.45) is 0 Å². The summed E-state index contributed by atoms with van der Waals surface area (Å²) in [4.78, 5) is 35.3. The molecule has 0 amide bonds. The lowest BCUT2D eigenvalue weighted by molar-refractivity contribution is 1.07. The van der Waals surface area contributed by atoms with E-state index in [-0.39, 0.29) is 0 Å². The molecule has 0 aliphatic heterocycles. The molecule has 16 aromatic carbocycles. The zero-order chi connectivity index (χ0) is 76.9. The van der Waals surface area contributed by atoms with Crippen LogP contribution >= 0.6 is 0 Å². The van der Waals surface area contributed by atoms with Crippen molar-refractivity contribution in [2.75, 3.05) is 0 Å². The van der Waals surface area contributed by atoms with E-state index in [4.69, 9.17) is 36.5 Å². The molecule has 0 spiro atoms. The van der Waals surface area contributed by atoms with Crippen LogP contribution in [0.4, 0.5) is 5.69 Å². The molecule has 12 heteroatoms. The average molecular weight is 1480 g/mol. The van der Waals surface area contributed by atoms with Crippen molar-refractivity contribution >= 4 is 92.9 Å². The molecule has 22 aromatic rings. The summed E-state index contributed by atoms with van der Waals surface area (Å²) >= 11 is 0. The summed E-state index contributed by atoms with van der Waals surface area (Å²) in [5.74, 6) is 3.41. The van der Waals surface area contributed by atoms with Crippen molar-refractivity contribution in [1.82, 2.24) is 48.2 Å². The van der Waals surface area contributed by atoms with Gasteiger partial charge >= 0.3 is 0 Å². The molecule has 0 fully saturated rings. The number of hydrogen-bond donors (Lipinski definition) is 0. The van der Waals surface area contributed by atoms with Gasteiger partial charge in [-0.3, -0.25) is 0 Å². The van der Waals surface area contributed by atoms with Crippen molar-refractivity contribution in [2.45, 2.75) is 0 Å². The lowest BCUT2D eigenvalue weighted by Crippen LogP contribution is -2.02. The number of benzene rings is 16. The maximum atomic E-state index is 11.1. The lowest BCUT2D eigenvalue weighted by Gasteiger charge is -2.20. The smallest absolute Gasteiger partial charge is 0.188 e. The van der Waals surface area contributed by atoms with Crippen molar-refractivity contribution in [3.8, 4) is 131 Å². The SMILES string of the molecule is [C-]#[N+]c1ccc(-n2c3ccccc3c3cc(-c4cc(-c5nc(-c6ccccc6)nc(-c6ccccc6)n5)ccc4-n4c5ccccc5c5ccccc54)ccc32)c(-c2cc(C#N)ccc2-n2c3ccccc3c3cc(-c4cc(-c5nc(-c6ccccc6)nc(-c6ccccc6)n5)ccc4-n4c5ccccc5c5ccccc54)ccc32)c1. The predicted molar refractivity (Wildman–Crippen MR) is 470 cm³/mol. The summed E-state index contributed by atoms with van der Waals surface area (Å²) in [6.45, 7) is 8.65. The first-order valence-electron chi connectivity index (χ1n) is 38.6. The highest BCUT2D eigenvalue weighted by Gasteiger charge is 2.27. The van der Waals surface area contributed by atoms with Crippen LogP contribution in [0.2, 0.25) is 0 Å². The summed E-state index contributed by atoms with van der Waals surface area (Å²) in [5, 5.41) is 19.8. The minimum Gasteiger partial charge on any atom is -0.309 e. The highest BCUT2D eigenvalue weighted by molar-refractivity contribution is 6.15. The maximum absolute atomic E-state index is 11.1. The van der Waals surface area contributed by atoms with Gasteiger partial charge in [-0.25, -0.2) is 34.7 Å². The number of nitriles is 1. The topological polar surface area (TPSA) is 125 Å². The fourth-order valence-corrected chi connectivity index (χ4v) is 17.3. The summed E-state index contributed by atoms with van der Waals surface area (Å²) in [5.41, 5.74) is 23.4. The minimum atomic E-state index is 0.459. The first kappa shape index (κ1) is 66.7. The van der Waals surface area contributed by atoms with E-state index >= 15 is 0 Å². The van der Waals surface area contributed by atoms with E-state index in [1.54, 1.807) is 0 Å². The van der Waals surface area contributed by atoms with E-state index in [0.29, 0.717) is 46.2 Å². The number of fused-ring (bicyclic) bond motifs is 12. The van der Waals surface area contributed by atoms with E-state index in [2.05, 4.69) is 260 Å². The molecule has 0 saturated carbocycles. The minimum absolute atomic E-state index is 0.459. The van der Waals surface area contributed by atoms with Gasteiger partial charge in [0.25, 0.3) is 0 Å². The zero-order valence-electron chi connectivity index (χ0n) is 62.2. The van der Waals surface area contributed by atoms with Gasteiger partial charge in [0.2, 0.25) is 0 Å². The normalized spacial score (nSPS) is 11.6. The predicted octanol–water partition coefficient (Wildman–Crippen LogP) is 25.9. The van der Waals surface area contributed by atoms with E-state index in [1.165, 1.54) is 0 Å². The van der Waals surface area contributed by atoms with Crippen LogP contribution in [0.1, 0.15) is 5.56 Å². The lowest BCUT2D eigenvalue weighted by atomic mass is 9.97. The van der Waals surface area contributed by atoms with Crippen LogP contribution in [0.15, 0.2) is 376 Å². The van der Waals surface area contributed by atoms with Crippen molar-refractivity contribution in [3.63, 3.8) is 0 Å². The summed E-state index contributed by atoms with van der Waals surface area (Å²) in [7, 11) is 0. The molecular weight excluding hydrogens is 1420 g/mol. The van der Waals surface area contributed by atoms with Gasteiger partial charge < -0.3 is 18.3 Å². The van der Waals surface area contributed by atoms with Crippen LogP contribution in [0.3, 0.4) is 0 Å². The molecule has 6 heterocycles. The van der Waals surface area contributed by atoms with E-state index < -0.39 is 0 Å². The summed E-state index contributed by atoms with van der Waals surface area (Å²) in [6.07, 6.45) is 0. The quantitative estimate of drug-likeness (QED) is 0.105. The number of nitrogens with zero attached hydrogens (tertiary/aromatic N) is 12. The van der Waals surface area contributed by atoms with Gasteiger partial charge in [-0.2, -0.15) is 5.26 Å². The molecule has 0 aliphatic carbocycles. The number of para-hydroxylation sites is 6. The van der Waals surface area contributed by atoms with E-state index in [9.17, 15) is 5.26 Å². The largest absolute Gasteiger partial charge is 0.309 e. The molecular formula is C104H62N12. The Kier molecular flexibility index (Phi) is 15.7. The number of aromatic nitrogens is 10. The fourth-order valence-electron chi connectivity index (χ4n) is 17.3. The Labute approximate surface area is 665 Å². The molecule has 0 bridgehead atoms. The molecule has 0 unspecified atom stereocenters. The average Bonchev–Trinajstić information content (AvgIpc) is 1.56. The molecule has 0 saturated heterocycles. The molecule has 116 heavy (non-hydrogen) atoms. The Bertz CT molecular complexity index is 7170. The van der Waals surface area contributed by atoms with Gasteiger partial charge in [0.15, 0.2) is 40.6 Å². The first-order valence-corrected chi connectivity index (χ1v) is 38.6. The highest BCUT2D eigenvalue weighted by atomic mass is 15.1.